The number of benzene rings is 2. The van der Waals surface area contributed by atoms with E-state index in [1.165, 1.54) is 12.1 Å². The molecule has 0 aliphatic rings. The van der Waals surface area contributed by atoms with Crippen molar-refractivity contribution in [3.05, 3.63) is 65.5 Å². The van der Waals surface area contributed by atoms with Crippen molar-refractivity contribution in [1.82, 2.24) is 10.2 Å². The summed E-state index contributed by atoms with van der Waals surface area (Å²) in [6.07, 6.45) is 3.45. The first-order chi connectivity index (χ1) is 12.8. The van der Waals surface area contributed by atoms with Crippen LogP contribution in [0, 0.1) is 0 Å². The van der Waals surface area contributed by atoms with Gasteiger partial charge in [-0.25, -0.2) is 8.42 Å². The number of carbonyl (C=O) groups excluding carboxylic acids is 1. The highest BCUT2D eigenvalue weighted by atomic mass is 32.2. The molecule has 3 aromatic rings. The van der Waals surface area contributed by atoms with Gasteiger partial charge >= 0.3 is 6.01 Å². The maximum Gasteiger partial charge on any atom is 0.322 e. The largest absolute Gasteiger partial charge is 0.407 e. The Kier molecular flexibility index (Phi) is 5.62. The van der Waals surface area contributed by atoms with Gasteiger partial charge in [0, 0.05) is 16.7 Å². The number of anilines is 1. The second-order valence-electron chi connectivity index (χ2n) is 5.78. The summed E-state index contributed by atoms with van der Waals surface area (Å²) in [5, 5.41) is 10.3. The van der Waals surface area contributed by atoms with Crippen molar-refractivity contribution >= 4 is 33.5 Å². The number of hydrogen-bond acceptors (Lipinski definition) is 7. The second kappa shape index (κ2) is 7.93. The van der Waals surface area contributed by atoms with Crippen molar-refractivity contribution in [1.29, 1.82) is 0 Å². The summed E-state index contributed by atoms with van der Waals surface area (Å²) in [6.45, 7) is 0. The molecule has 0 atom stereocenters. The molecule has 2 aromatic carbocycles. The van der Waals surface area contributed by atoms with Gasteiger partial charge in [-0.1, -0.05) is 17.2 Å². The molecule has 0 fully saturated rings. The van der Waals surface area contributed by atoms with Crippen LogP contribution in [-0.4, -0.2) is 37.0 Å². The highest BCUT2D eigenvalue weighted by molar-refractivity contribution is 7.98. The maximum atomic E-state index is 12.2. The Morgan fingerprint density at radius 3 is 2.33 bits per heavy atom. The number of thioether (sulfide) groups is 1. The number of nitrogens with zero attached hydrogens (tertiary/aromatic N) is 2. The van der Waals surface area contributed by atoms with Crippen LogP contribution in [0.1, 0.15) is 21.8 Å². The molecule has 27 heavy (non-hydrogen) atoms. The molecule has 0 unspecified atom stereocenters. The normalized spacial score (nSPS) is 11.3. The van der Waals surface area contributed by atoms with E-state index in [9.17, 15) is 13.2 Å². The summed E-state index contributed by atoms with van der Waals surface area (Å²) < 4.78 is 28.4. The Morgan fingerprint density at radius 1 is 1.07 bits per heavy atom. The summed E-state index contributed by atoms with van der Waals surface area (Å²) >= 11 is 1.59. The van der Waals surface area contributed by atoms with Gasteiger partial charge in [-0.05, 0) is 48.2 Å². The molecular weight excluding hydrogens is 386 g/mol. The van der Waals surface area contributed by atoms with Crippen LogP contribution in [0.2, 0.25) is 0 Å². The van der Waals surface area contributed by atoms with Gasteiger partial charge in [0.1, 0.15) is 0 Å². The lowest BCUT2D eigenvalue weighted by molar-refractivity contribution is 0.102. The second-order valence-corrected chi connectivity index (χ2v) is 8.67. The van der Waals surface area contributed by atoms with Crippen LogP contribution in [0.25, 0.3) is 0 Å². The first-order valence-corrected chi connectivity index (χ1v) is 11.0. The van der Waals surface area contributed by atoms with E-state index >= 15 is 0 Å². The molecule has 9 heteroatoms. The number of amides is 1. The fourth-order valence-corrected chi connectivity index (χ4v) is 3.36. The van der Waals surface area contributed by atoms with Gasteiger partial charge in [0.2, 0.25) is 5.89 Å². The van der Waals surface area contributed by atoms with Crippen LogP contribution in [0.15, 0.2) is 62.7 Å². The van der Waals surface area contributed by atoms with Crippen LogP contribution in [0.4, 0.5) is 6.01 Å². The zero-order valence-electron chi connectivity index (χ0n) is 14.7. The van der Waals surface area contributed by atoms with Crippen LogP contribution >= 0.6 is 11.8 Å². The van der Waals surface area contributed by atoms with E-state index in [0.717, 1.165) is 16.7 Å². The number of hydrogen-bond donors (Lipinski definition) is 1. The quantitative estimate of drug-likeness (QED) is 0.631. The molecule has 7 nitrogen and oxygen atoms in total. The maximum absolute atomic E-state index is 12.2. The molecule has 1 aromatic heterocycles. The molecule has 0 aliphatic heterocycles. The number of nitrogens with one attached hydrogen (secondary N) is 1. The number of carbonyl (C=O) groups is 1. The fourth-order valence-electron chi connectivity index (χ4n) is 2.32. The molecule has 0 saturated heterocycles. The van der Waals surface area contributed by atoms with Gasteiger partial charge in [0.15, 0.2) is 9.84 Å². The number of sulfone groups is 1. The lowest BCUT2D eigenvalue weighted by atomic mass is 10.1. The van der Waals surface area contributed by atoms with E-state index < -0.39 is 9.84 Å². The van der Waals surface area contributed by atoms with Gasteiger partial charge in [-0.2, -0.15) is 0 Å². The first kappa shape index (κ1) is 19.1. The molecule has 140 valence electrons. The summed E-state index contributed by atoms with van der Waals surface area (Å²) in [5.74, 6) is -0.0227. The summed E-state index contributed by atoms with van der Waals surface area (Å²) in [6, 6.07) is 13.6. The molecule has 0 radical (unpaired) electrons. The third kappa shape index (κ3) is 4.95. The summed E-state index contributed by atoms with van der Waals surface area (Å²) in [5.41, 5.74) is 1.31. The third-order valence-electron chi connectivity index (χ3n) is 3.75. The molecule has 1 N–H and O–H groups in total. The third-order valence-corrected chi connectivity index (χ3v) is 5.62. The van der Waals surface area contributed by atoms with Crippen LogP contribution in [0.3, 0.4) is 0 Å². The average molecular weight is 403 g/mol. The molecular formula is C18H17N3O4S2. The molecule has 0 aliphatic carbocycles. The summed E-state index contributed by atoms with van der Waals surface area (Å²) in [4.78, 5) is 13.5. The zero-order valence-corrected chi connectivity index (χ0v) is 16.3. The molecule has 1 amide bonds. The fraction of sp³-hybridized carbons (Fsp3) is 0.167. The Bertz CT molecular complexity index is 1040. The Balaban J connectivity index is 1.65. The van der Waals surface area contributed by atoms with E-state index in [4.69, 9.17) is 4.42 Å². The van der Waals surface area contributed by atoms with Gasteiger partial charge in [0.05, 0.1) is 11.3 Å². The smallest absolute Gasteiger partial charge is 0.322 e. The van der Waals surface area contributed by atoms with Crippen molar-refractivity contribution in [3.8, 4) is 0 Å². The zero-order chi connectivity index (χ0) is 19.4. The van der Waals surface area contributed by atoms with Crippen LogP contribution < -0.4 is 5.32 Å². The molecule has 0 spiro atoms. The van der Waals surface area contributed by atoms with E-state index in [2.05, 4.69) is 15.5 Å². The lowest BCUT2D eigenvalue weighted by Gasteiger charge is -2.02. The van der Waals surface area contributed by atoms with Crippen LogP contribution in [0.5, 0.6) is 0 Å². The molecule has 3 rings (SSSR count). The average Bonchev–Trinajstić information content (AvgIpc) is 3.08. The topological polar surface area (TPSA) is 102 Å². The number of aromatic nitrogens is 2. The predicted octanol–water partition coefficient (Wildman–Crippen LogP) is 3.04. The Morgan fingerprint density at radius 2 is 1.74 bits per heavy atom. The standard InChI is InChI=1S/C18H17N3O4S2/c1-26-14-7-5-13(6-8-14)17(22)19-18-21-20-16(25-18)11-12-3-9-15(10-4-12)27(2,23)24/h3-10H,11H2,1-2H3,(H,19,21,22). The Labute approximate surface area is 161 Å². The van der Waals surface area contributed by atoms with Crippen molar-refractivity contribution < 1.29 is 17.6 Å². The first-order valence-electron chi connectivity index (χ1n) is 7.92. The highest BCUT2D eigenvalue weighted by Gasteiger charge is 2.13. The SMILES string of the molecule is CSc1ccc(C(=O)Nc2nnc(Cc3ccc(S(C)(=O)=O)cc3)o2)cc1. The van der Waals surface area contributed by atoms with E-state index in [-0.39, 0.29) is 16.8 Å². The predicted molar refractivity (Wildman–Crippen MR) is 103 cm³/mol. The van der Waals surface area contributed by atoms with Gasteiger partial charge < -0.3 is 4.42 Å². The Hall–Kier alpha value is -2.65. The van der Waals surface area contributed by atoms with E-state index in [0.29, 0.717) is 17.9 Å². The molecule has 0 bridgehead atoms. The lowest BCUT2D eigenvalue weighted by Crippen LogP contribution is -2.11. The molecule has 0 saturated carbocycles. The van der Waals surface area contributed by atoms with E-state index in [1.807, 2.05) is 18.4 Å². The van der Waals surface area contributed by atoms with Crippen LogP contribution in [-0.2, 0) is 16.3 Å². The monoisotopic (exact) mass is 403 g/mol. The van der Waals surface area contributed by atoms with Gasteiger partial charge in [-0.15, -0.1) is 16.9 Å². The minimum atomic E-state index is -3.23. The van der Waals surface area contributed by atoms with E-state index in [1.54, 1.807) is 36.0 Å². The minimum absolute atomic E-state index is 0.0108. The van der Waals surface area contributed by atoms with Crippen molar-refractivity contribution in [2.24, 2.45) is 0 Å². The molecule has 1 heterocycles. The summed E-state index contributed by atoms with van der Waals surface area (Å²) in [7, 11) is -3.23. The van der Waals surface area contributed by atoms with Gasteiger partial charge in [-0.3, -0.25) is 10.1 Å². The minimum Gasteiger partial charge on any atom is -0.407 e. The number of rotatable bonds is 6. The van der Waals surface area contributed by atoms with Gasteiger partial charge in [0.25, 0.3) is 5.91 Å². The van der Waals surface area contributed by atoms with Crippen molar-refractivity contribution in [3.63, 3.8) is 0 Å². The van der Waals surface area contributed by atoms with Crippen molar-refractivity contribution in [2.45, 2.75) is 16.2 Å². The highest BCUT2D eigenvalue weighted by Crippen LogP contribution is 2.17. The van der Waals surface area contributed by atoms with Crippen molar-refractivity contribution in [2.75, 3.05) is 17.8 Å².